The van der Waals surface area contributed by atoms with Gasteiger partial charge in [0.25, 0.3) is 11.8 Å². The third-order valence-corrected chi connectivity index (χ3v) is 5.61. The van der Waals surface area contributed by atoms with E-state index in [1.807, 2.05) is 36.4 Å². The minimum absolute atomic E-state index is 0.109. The predicted molar refractivity (Wildman–Crippen MR) is 130 cm³/mol. The van der Waals surface area contributed by atoms with Crippen LogP contribution in [0.1, 0.15) is 37.7 Å². The second-order valence-electron chi connectivity index (χ2n) is 7.96. The van der Waals surface area contributed by atoms with Crippen molar-refractivity contribution in [1.29, 1.82) is 0 Å². The lowest BCUT2D eigenvalue weighted by Crippen LogP contribution is -2.32. The molecule has 8 heteroatoms. The Kier molecular flexibility index (Phi) is 7.90. The van der Waals surface area contributed by atoms with Gasteiger partial charge in [-0.2, -0.15) is 0 Å². The Labute approximate surface area is 207 Å². The summed E-state index contributed by atoms with van der Waals surface area (Å²) in [6, 6.07) is 23.9. The summed E-state index contributed by atoms with van der Waals surface area (Å²) >= 11 is 5.98. The zero-order valence-corrected chi connectivity index (χ0v) is 19.5. The van der Waals surface area contributed by atoms with E-state index in [1.54, 1.807) is 23.1 Å². The molecule has 178 valence electrons. The molecule has 0 bridgehead atoms. The molecule has 0 saturated carbocycles. The van der Waals surface area contributed by atoms with Gasteiger partial charge in [0.2, 0.25) is 0 Å². The molecular formula is C27H23ClFN3O3. The highest BCUT2D eigenvalue weighted by molar-refractivity contribution is 6.30. The van der Waals surface area contributed by atoms with Crippen LogP contribution in [0.25, 0.3) is 0 Å². The summed E-state index contributed by atoms with van der Waals surface area (Å²) in [6.07, 6.45) is 0.620. The first kappa shape index (κ1) is 24.2. The van der Waals surface area contributed by atoms with E-state index in [9.17, 15) is 14.0 Å². The largest absolute Gasteiger partial charge is 0.359 e. The van der Waals surface area contributed by atoms with Gasteiger partial charge in [-0.15, -0.1) is 0 Å². The van der Waals surface area contributed by atoms with Crippen LogP contribution >= 0.6 is 11.6 Å². The first-order valence-electron chi connectivity index (χ1n) is 11.0. The minimum Gasteiger partial charge on any atom is -0.359 e. The van der Waals surface area contributed by atoms with E-state index in [2.05, 4.69) is 10.5 Å². The molecule has 0 aliphatic rings. The maximum absolute atomic E-state index is 13.3. The Hall–Kier alpha value is -3.97. The fourth-order valence-electron chi connectivity index (χ4n) is 3.54. The van der Waals surface area contributed by atoms with Crippen LogP contribution in [0.4, 0.5) is 4.39 Å². The highest BCUT2D eigenvalue weighted by Crippen LogP contribution is 2.15. The fourth-order valence-corrected chi connectivity index (χ4v) is 3.75. The van der Waals surface area contributed by atoms with Gasteiger partial charge in [0.05, 0.1) is 6.54 Å². The van der Waals surface area contributed by atoms with Gasteiger partial charge >= 0.3 is 0 Å². The van der Waals surface area contributed by atoms with Crippen molar-refractivity contribution in [2.24, 2.45) is 0 Å². The van der Waals surface area contributed by atoms with Crippen molar-refractivity contribution < 1.29 is 18.5 Å². The van der Waals surface area contributed by atoms with Gasteiger partial charge in [-0.3, -0.25) is 9.59 Å². The molecule has 0 unspecified atom stereocenters. The molecule has 4 rings (SSSR count). The molecule has 1 heterocycles. The Bertz CT molecular complexity index is 1290. The third-order valence-electron chi connectivity index (χ3n) is 5.37. The number of rotatable bonds is 9. The van der Waals surface area contributed by atoms with Gasteiger partial charge in [0.15, 0.2) is 11.5 Å². The van der Waals surface area contributed by atoms with Gasteiger partial charge in [-0.05, 0) is 53.9 Å². The lowest BCUT2D eigenvalue weighted by atomic mass is 10.1. The van der Waals surface area contributed by atoms with Crippen LogP contribution in [0, 0.1) is 5.82 Å². The first-order chi connectivity index (χ1) is 17.0. The SMILES string of the molecule is O=C(NCc1cccc(Cl)c1)c1cc(CN(CCc2ccccc2)C(=O)c2ccc(F)cc2)on1. The molecule has 4 aromatic rings. The van der Waals surface area contributed by atoms with E-state index in [-0.39, 0.29) is 24.7 Å². The fraction of sp³-hybridized carbons (Fsp3) is 0.148. The second kappa shape index (κ2) is 11.4. The summed E-state index contributed by atoms with van der Waals surface area (Å²) in [5.74, 6) is -0.729. The average Bonchev–Trinajstić information content (AvgIpc) is 3.34. The van der Waals surface area contributed by atoms with Crippen LogP contribution in [0.15, 0.2) is 89.5 Å². The van der Waals surface area contributed by atoms with Crippen LogP contribution < -0.4 is 5.32 Å². The lowest BCUT2D eigenvalue weighted by Gasteiger charge is -2.21. The van der Waals surface area contributed by atoms with Crippen LogP contribution in [0.5, 0.6) is 0 Å². The average molecular weight is 492 g/mol. The molecular weight excluding hydrogens is 469 g/mol. The Balaban J connectivity index is 1.44. The van der Waals surface area contributed by atoms with Crippen molar-refractivity contribution in [1.82, 2.24) is 15.4 Å². The number of aromatic nitrogens is 1. The van der Waals surface area contributed by atoms with Gasteiger partial charge in [-0.25, -0.2) is 4.39 Å². The number of nitrogens with zero attached hydrogens (tertiary/aromatic N) is 2. The van der Waals surface area contributed by atoms with E-state index in [0.29, 0.717) is 29.3 Å². The summed E-state index contributed by atoms with van der Waals surface area (Å²) in [5.41, 5.74) is 2.40. The smallest absolute Gasteiger partial charge is 0.273 e. The molecule has 1 N–H and O–H groups in total. The summed E-state index contributed by atoms with van der Waals surface area (Å²) < 4.78 is 18.7. The molecule has 6 nitrogen and oxygen atoms in total. The Morgan fingerprint density at radius 1 is 0.943 bits per heavy atom. The number of halogens is 2. The van der Waals surface area contributed by atoms with E-state index >= 15 is 0 Å². The normalized spacial score (nSPS) is 10.7. The molecule has 35 heavy (non-hydrogen) atoms. The van der Waals surface area contributed by atoms with Crippen LogP contribution in [0.3, 0.4) is 0 Å². The summed E-state index contributed by atoms with van der Waals surface area (Å²) in [6.45, 7) is 0.794. The highest BCUT2D eigenvalue weighted by atomic mass is 35.5. The minimum atomic E-state index is -0.416. The number of amides is 2. The maximum Gasteiger partial charge on any atom is 0.273 e. The van der Waals surface area contributed by atoms with Crippen molar-refractivity contribution in [2.45, 2.75) is 19.5 Å². The molecule has 3 aromatic carbocycles. The molecule has 2 amide bonds. The van der Waals surface area contributed by atoms with Gasteiger partial charge in [-0.1, -0.05) is 59.2 Å². The molecule has 0 atom stereocenters. The monoisotopic (exact) mass is 491 g/mol. The van der Waals surface area contributed by atoms with Crippen molar-refractivity contribution in [3.8, 4) is 0 Å². The van der Waals surface area contributed by atoms with Crippen LogP contribution in [-0.2, 0) is 19.5 Å². The molecule has 0 aliphatic carbocycles. The molecule has 0 aliphatic heterocycles. The standard InChI is InChI=1S/C27H23ClFN3O3/c28-22-8-4-7-20(15-22)17-30-26(33)25-16-24(35-31-25)18-32(14-13-19-5-2-1-3-6-19)27(34)21-9-11-23(29)12-10-21/h1-12,15-16H,13-14,17-18H2,(H,30,33). The second-order valence-corrected chi connectivity index (χ2v) is 8.40. The van der Waals surface area contributed by atoms with Gasteiger partial charge < -0.3 is 14.7 Å². The van der Waals surface area contributed by atoms with Gasteiger partial charge in [0.1, 0.15) is 5.82 Å². The van der Waals surface area contributed by atoms with E-state index in [1.165, 1.54) is 30.3 Å². The predicted octanol–water partition coefficient (Wildman–Crippen LogP) is 5.28. The highest BCUT2D eigenvalue weighted by Gasteiger charge is 2.20. The quantitative estimate of drug-likeness (QED) is 0.345. The summed E-state index contributed by atoms with van der Waals surface area (Å²) in [5, 5.41) is 7.22. The van der Waals surface area contributed by atoms with E-state index in [4.69, 9.17) is 16.1 Å². The van der Waals surface area contributed by atoms with E-state index in [0.717, 1.165) is 11.1 Å². The van der Waals surface area contributed by atoms with Gasteiger partial charge in [0, 0.05) is 29.7 Å². The maximum atomic E-state index is 13.3. The summed E-state index contributed by atoms with van der Waals surface area (Å²) in [7, 11) is 0. The molecule has 1 aromatic heterocycles. The molecule has 0 spiro atoms. The van der Waals surface area contributed by atoms with Crippen molar-refractivity contribution in [2.75, 3.05) is 6.54 Å². The van der Waals surface area contributed by atoms with Crippen molar-refractivity contribution >= 4 is 23.4 Å². The first-order valence-corrected chi connectivity index (χ1v) is 11.4. The van der Waals surface area contributed by atoms with Crippen molar-refractivity contribution in [3.63, 3.8) is 0 Å². The lowest BCUT2D eigenvalue weighted by molar-refractivity contribution is 0.0729. The van der Waals surface area contributed by atoms with Crippen LogP contribution in [0.2, 0.25) is 5.02 Å². The molecule has 0 radical (unpaired) electrons. The number of carbonyl (C=O) groups is 2. The zero-order chi connectivity index (χ0) is 24.6. The van der Waals surface area contributed by atoms with E-state index < -0.39 is 11.7 Å². The third kappa shape index (κ3) is 6.77. The number of carbonyl (C=O) groups excluding carboxylic acids is 2. The zero-order valence-electron chi connectivity index (χ0n) is 18.8. The number of hydrogen-bond acceptors (Lipinski definition) is 4. The Morgan fingerprint density at radius 3 is 2.43 bits per heavy atom. The van der Waals surface area contributed by atoms with Crippen LogP contribution in [-0.4, -0.2) is 28.4 Å². The molecule has 0 saturated heterocycles. The van der Waals surface area contributed by atoms with Crippen molar-refractivity contribution in [3.05, 3.63) is 124 Å². The number of nitrogens with one attached hydrogen (secondary N) is 1. The number of benzene rings is 3. The Morgan fingerprint density at radius 2 is 1.69 bits per heavy atom. The molecule has 0 fully saturated rings. The number of hydrogen-bond donors (Lipinski definition) is 1. The summed E-state index contributed by atoms with van der Waals surface area (Å²) in [4.78, 5) is 27.3. The topological polar surface area (TPSA) is 75.4 Å².